The topological polar surface area (TPSA) is 44.5 Å². The van der Waals surface area contributed by atoms with Crippen LogP contribution in [0.2, 0.25) is 0 Å². The lowest BCUT2D eigenvalue weighted by Gasteiger charge is -2.28. The van der Waals surface area contributed by atoms with Crippen molar-refractivity contribution in [3.8, 4) is 0 Å². The first-order valence-electron chi connectivity index (χ1n) is 7.35. The Kier molecular flexibility index (Phi) is 4.16. The molecule has 3 rings (SSSR count). The third-order valence-corrected chi connectivity index (χ3v) is 4.27. The van der Waals surface area contributed by atoms with Gasteiger partial charge in [-0.15, -0.1) is 0 Å². The largest absolute Gasteiger partial charge is 0.381 e. The zero-order chi connectivity index (χ0) is 13.1. The molecule has 2 heterocycles. The number of ether oxygens (including phenoxy) is 2. The third kappa shape index (κ3) is 3.16. The smallest absolute Gasteiger partial charge is 0.0842 e. The fourth-order valence-electron chi connectivity index (χ4n) is 3.24. The van der Waals surface area contributed by atoms with Crippen molar-refractivity contribution >= 4 is 0 Å². The fraction of sp³-hybridized carbons (Fsp3) is 0.625. The van der Waals surface area contributed by atoms with Crippen LogP contribution in [0.5, 0.6) is 0 Å². The summed E-state index contributed by atoms with van der Waals surface area (Å²) >= 11 is 0. The maximum atomic E-state index is 6.31. The second-order valence-corrected chi connectivity index (χ2v) is 5.77. The van der Waals surface area contributed by atoms with Gasteiger partial charge in [-0.05, 0) is 42.7 Å². The summed E-state index contributed by atoms with van der Waals surface area (Å²) < 4.78 is 11.3. The van der Waals surface area contributed by atoms with E-state index in [1.807, 2.05) is 0 Å². The molecule has 2 aliphatic heterocycles. The monoisotopic (exact) mass is 261 g/mol. The van der Waals surface area contributed by atoms with Gasteiger partial charge in [0, 0.05) is 19.3 Å². The predicted octanol–water partition coefficient (Wildman–Crippen LogP) is 2.44. The van der Waals surface area contributed by atoms with Crippen molar-refractivity contribution < 1.29 is 9.47 Å². The molecule has 3 heteroatoms. The molecule has 0 amide bonds. The first kappa shape index (κ1) is 13.1. The number of rotatable bonds is 4. The van der Waals surface area contributed by atoms with E-state index in [2.05, 4.69) is 24.3 Å². The molecular formula is C16H23NO2. The van der Waals surface area contributed by atoms with E-state index in [9.17, 15) is 0 Å². The van der Waals surface area contributed by atoms with Crippen molar-refractivity contribution in [3.05, 3.63) is 35.4 Å². The first-order valence-corrected chi connectivity index (χ1v) is 7.35. The highest BCUT2D eigenvalue weighted by Gasteiger charge is 2.25. The van der Waals surface area contributed by atoms with Crippen molar-refractivity contribution in [1.29, 1.82) is 0 Å². The van der Waals surface area contributed by atoms with Gasteiger partial charge >= 0.3 is 0 Å². The third-order valence-electron chi connectivity index (χ3n) is 4.27. The van der Waals surface area contributed by atoms with Crippen molar-refractivity contribution in [2.24, 2.45) is 11.7 Å². The Morgan fingerprint density at radius 3 is 2.95 bits per heavy atom. The van der Waals surface area contributed by atoms with E-state index in [1.54, 1.807) is 0 Å². The first-order chi connectivity index (χ1) is 9.33. The Hall–Kier alpha value is -0.900. The van der Waals surface area contributed by atoms with Crippen LogP contribution >= 0.6 is 0 Å². The van der Waals surface area contributed by atoms with E-state index in [0.717, 1.165) is 45.5 Å². The van der Waals surface area contributed by atoms with Crippen LogP contribution in [0.4, 0.5) is 0 Å². The molecular weight excluding hydrogens is 238 g/mol. The summed E-state index contributed by atoms with van der Waals surface area (Å²) in [5, 5.41) is 0. The summed E-state index contributed by atoms with van der Waals surface area (Å²) in [5.74, 6) is 0.647. The highest BCUT2D eigenvalue weighted by atomic mass is 16.5. The maximum absolute atomic E-state index is 6.31. The Labute approximate surface area is 115 Å². The van der Waals surface area contributed by atoms with Crippen molar-refractivity contribution in [2.45, 2.75) is 37.8 Å². The summed E-state index contributed by atoms with van der Waals surface area (Å²) in [5.41, 5.74) is 9.07. The molecule has 3 unspecified atom stereocenters. The molecule has 0 bridgehead atoms. The van der Waals surface area contributed by atoms with Crippen LogP contribution in [0.1, 0.15) is 36.5 Å². The Morgan fingerprint density at radius 2 is 2.11 bits per heavy atom. The molecule has 0 aliphatic carbocycles. The van der Waals surface area contributed by atoms with Gasteiger partial charge in [0.15, 0.2) is 0 Å². The molecule has 0 saturated carbocycles. The standard InChI is InChI=1S/C16H23NO2/c17-14(9-12-5-7-18-11-12)10-16-15-4-2-1-3-13(15)6-8-19-16/h1-4,12,14,16H,5-11,17H2. The predicted molar refractivity (Wildman–Crippen MR) is 75.0 cm³/mol. The molecule has 104 valence electrons. The molecule has 1 aromatic rings. The zero-order valence-corrected chi connectivity index (χ0v) is 11.4. The van der Waals surface area contributed by atoms with Gasteiger partial charge in [-0.3, -0.25) is 0 Å². The van der Waals surface area contributed by atoms with Crippen LogP contribution < -0.4 is 5.73 Å². The average Bonchev–Trinajstić information content (AvgIpc) is 2.92. The number of hydrogen-bond acceptors (Lipinski definition) is 3. The van der Waals surface area contributed by atoms with Crippen molar-refractivity contribution in [3.63, 3.8) is 0 Å². The molecule has 2 aliphatic rings. The second kappa shape index (κ2) is 6.04. The molecule has 1 saturated heterocycles. The number of hydrogen-bond donors (Lipinski definition) is 1. The average molecular weight is 261 g/mol. The number of nitrogens with two attached hydrogens (primary N) is 1. The summed E-state index contributed by atoms with van der Waals surface area (Å²) in [4.78, 5) is 0. The maximum Gasteiger partial charge on any atom is 0.0842 e. The molecule has 3 nitrogen and oxygen atoms in total. The minimum Gasteiger partial charge on any atom is -0.381 e. The van der Waals surface area contributed by atoms with Gasteiger partial charge in [-0.2, -0.15) is 0 Å². The van der Waals surface area contributed by atoms with E-state index in [0.29, 0.717) is 5.92 Å². The summed E-state index contributed by atoms with van der Waals surface area (Å²) in [7, 11) is 0. The lowest BCUT2D eigenvalue weighted by molar-refractivity contribution is 0.0304. The normalized spacial score (nSPS) is 28.1. The fourth-order valence-corrected chi connectivity index (χ4v) is 3.24. The van der Waals surface area contributed by atoms with Gasteiger partial charge < -0.3 is 15.2 Å². The number of fused-ring (bicyclic) bond motifs is 1. The van der Waals surface area contributed by atoms with Gasteiger partial charge in [0.05, 0.1) is 12.7 Å². The minimum atomic E-state index is 0.183. The van der Waals surface area contributed by atoms with Crippen LogP contribution in [0.3, 0.4) is 0 Å². The van der Waals surface area contributed by atoms with Crippen LogP contribution in [0.25, 0.3) is 0 Å². The van der Waals surface area contributed by atoms with Gasteiger partial charge in [-0.1, -0.05) is 24.3 Å². The van der Waals surface area contributed by atoms with Gasteiger partial charge in [0.1, 0.15) is 0 Å². The van der Waals surface area contributed by atoms with Crippen molar-refractivity contribution in [1.82, 2.24) is 0 Å². The second-order valence-electron chi connectivity index (χ2n) is 5.77. The molecule has 0 radical (unpaired) electrons. The van der Waals surface area contributed by atoms with Crippen LogP contribution in [0, 0.1) is 5.92 Å². The minimum absolute atomic E-state index is 0.183. The van der Waals surface area contributed by atoms with E-state index in [4.69, 9.17) is 15.2 Å². The van der Waals surface area contributed by atoms with E-state index < -0.39 is 0 Å². The van der Waals surface area contributed by atoms with Crippen LogP contribution in [-0.2, 0) is 15.9 Å². The highest BCUT2D eigenvalue weighted by molar-refractivity contribution is 5.30. The van der Waals surface area contributed by atoms with Crippen molar-refractivity contribution in [2.75, 3.05) is 19.8 Å². The van der Waals surface area contributed by atoms with E-state index in [-0.39, 0.29) is 12.1 Å². The zero-order valence-electron chi connectivity index (χ0n) is 11.4. The van der Waals surface area contributed by atoms with Crippen LogP contribution in [0.15, 0.2) is 24.3 Å². The van der Waals surface area contributed by atoms with Gasteiger partial charge in [-0.25, -0.2) is 0 Å². The summed E-state index contributed by atoms with van der Waals surface area (Å²) in [6.07, 6.45) is 4.35. The molecule has 19 heavy (non-hydrogen) atoms. The quantitative estimate of drug-likeness (QED) is 0.905. The Balaban J connectivity index is 1.60. The van der Waals surface area contributed by atoms with Crippen LogP contribution in [-0.4, -0.2) is 25.9 Å². The molecule has 1 fully saturated rings. The van der Waals surface area contributed by atoms with Gasteiger partial charge in [0.2, 0.25) is 0 Å². The van der Waals surface area contributed by atoms with E-state index in [1.165, 1.54) is 11.1 Å². The molecule has 0 aromatic heterocycles. The Bertz CT molecular complexity index is 415. The Morgan fingerprint density at radius 1 is 1.21 bits per heavy atom. The lowest BCUT2D eigenvalue weighted by Crippen LogP contribution is -2.29. The highest BCUT2D eigenvalue weighted by Crippen LogP contribution is 2.31. The summed E-state index contributed by atoms with van der Waals surface area (Å²) in [6.45, 7) is 2.61. The molecule has 2 N–H and O–H groups in total. The SMILES string of the molecule is NC(CC1CCOC1)CC1OCCc2ccccc21. The number of benzene rings is 1. The summed E-state index contributed by atoms with van der Waals surface area (Å²) in [6, 6.07) is 8.81. The van der Waals surface area contributed by atoms with E-state index >= 15 is 0 Å². The molecule has 1 aromatic carbocycles. The lowest BCUT2D eigenvalue weighted by atomic mass is 9.90. The van der Waals surface area contributed by atoms with Gasteiger partial charge in [0.25, 0.3) is 0 Å². The molecule has 3 atom stereocenters. The molecule has 0 spiro atoms.